The van der Waals surface area contributed by atoms with E-state index in [9.17, 15) is 13.2 Å². The Kier molecular flexibility index (Phi) is 6.20. The molecule has 166 valence electrons. The highest BCUT2D eigenvalue weighted by atomic mass is 32.2. The van der Waals surface area contributed by atoms with Crippen molar-refractivity contribution < 1.29 is 17.9 Å². The maximum Gasteiger partial charge on any atom is 0.264 e. The number of para-hydroxylation sites is 2. The molecule has 0 N–H and O–H groups in total. The van der Waals surface area contributed by atoms with Crippen LogP contribution in [0, 0.1) is 5.92 Å². The Morgan fingerprint density at radius 2 is 1.68 bits per heavy atom. The van der Waals surface area contributed by atoms with Gasteiger partial charge in [0.15, 0.2) is 0 Å². The highest BCUT2D eigenvalue weighted by Crippen LogP contribution is 2.31. The molecule has 1 saturated heterocycles. The zero-order chi connectivity index (χ0) is 22.0. The van der Waals surface area contributed by atoms with Gasteiger partial charge in [-0.05, 0) is 55.2 Å². The number of ether oxygens (including phenoxy) is 1. The number of nitrogens with zero attached hydrogens (tertiary/aromatic N) is 3. The molecule has 1 heterocycles. The van der Waals surface area contributed by atoms with Crippen LogP contribution in [0.4, 0.5) is 5.69 Å². The van der Waals surface area contributed by atoms with Crippen molar-refractivity contribution in [3.8, 4) is 5.75 Å². The lowest BCUT2D eigenvalue weighted by Gasteiger charge is -2.34. The van der Waals surface area contributed by atoms with Crippen molar-refractivity contribution in [1.29, 1.82) is 0 Å². The van der Waals surface area contributed by atoms with Crippen LogP contribution in [0.5, 0.6) is 5.75 Å². The molecule has 0 spiro atoms. The van der Waals surface area contributed by atoms with Crippen molar-refractivity contribution in [2.24, 2.45) is 5.92 Å². The topological polar surface area (TPSA) is 70.2 Å². The number of rotatable bonds is 7. The number of anilines is 1. The third kappa shape index (κ3) is 4.70. The van der Waals surface area contributed by atoms with E-state index in [1.165, 1.54) is 43.4 Å². The van der Waals surface area contributed by atoms with Gasteiger partial charge in [-0.3, -0.25) is 14.0 Å². The fourth-order valence-electron chi connectivity index (χ4n) is 3.93. The van der Waals surface area contributed by atoms with E-state index < -0.39 is 10.0 Å². The van der Waals surface area contributed by atoms with Crippen LogP contribution in [0.1, 0.15) is 23.2 Å². The summed E-state index contributed by atoms with van der Waals surface area (Å²) < 4.78 is 32.6. The van der Waals surface area contributed by atoms with Gasteiger partial charge in [0.05, 0.1) is 17.7 Å². The monoisotopic (exact) mass is 443 g/mol. The van der Waals surface area contributed by atoms with Gasteiger partial charge in [0.25, 0.3) is 15.9 Å². The van der Waals surface area contributed by atoms with Crippen LogP contribution in [-0.2, 0) is 10.0 Å². The molecule has 0 radical (unpaired) electrons. The second kappa shape index (κ2) is 8.88. The second-order valence-corrected chi connectivity index (χ2v) is 10.2. The number of benzene rings is 2. The molecule has 2 aromatic carbocycles. The fourth-order valence-corrected chi connectivity index (χ4v) is 5.13. The standard InChI is InChI=1S/C23H29N3O4S/c1-24(21-5-3-4-6-22(21)30-2)31(28,29)20-11-9-19(10-12-20)23(27)26-15-13-25(14-16-26)17-18-7-8-18/h3-6,9-12,18H,7-8,13-17H2,1-2H3. The Hall–Kier alpha value is -2.58. The minimum Gasteiger partial charge on any atom is -0.495 e. The lowest BCUT2D eigenvalue weighted by molar-refractivity contribution is 0.0632. The summed E-state index contributed by atoms with van der Waals surface area (Å²) in [6, 6.07) is 13.1. The quantitative estimate of drug-likeness (QED) is 0.658. The van der Waals surface area contributed by atoms with E-state index >= 15 is 0 Å². The number of carbonyl (C=O) groups is 1. The van der Waals surface area contributed by atoms with E-state index in [0.29, 0.717) is 30.1 Å². The summed E-state index contributed by atoms with van der Waals surface area (Å²) in [7, 11) is -0.784. The third-order valence-corrected chi connectivity index (χ3v) is 7.84. The van der Waals surface area contributed by atoms with Gasteiger partial charge in [0, 0.05) is 45.3 Å². The predicted molar refractivity (Wildman–Crippen MR) is 120 cm³/mol. The molecule has 0 atom stereocenters. The average molecular weight is 444 g/mol. The van der Waals surface area contributed by atoms with Crippen LogP contribution >= 0.6 is 0 Å². The van der Waals surface area contributed by atoms with Crippen molar-refractivity contribution in [1.82, 2.24) is 9.80 Å². The normalized spacial score (nSPS) is 17.4. The first-order valence-corrected chi connectivity index (χ1v) is 12.1. The maximum absolute atomic E-state index is 13.1. The number of carbonyl (C=O) groups excluding carboxylic acids is 1. The number of sulfonamides is 1. The molecule has 31 heavy (non-hydrogen) atoms. The first-order chi connectivity index (χ1) is 14.9. The minimum atomic E-state index is -3.78. The second-order valence-electron chi connectivity index (χ2n) is 8.20. The van der Waals surface area contributed by atoms with E-state index in [2.05, 4.69) is 4.90 Å². The predicted octanol–water partition coefficient (Wildman–Crippen LogP) is 2.69. The van der Waals surface area contributed by atoms with E-state index in [0.717, 1.165) is 25.6 Å². The number of methoxy groups -OCH3 is 1. The highest BCUT2D eigenvalue weighted by Gasteiger charge is 2.28. The van der Waals surface area contributed by atoms with Crippen molar-refractivity contribution in [3.63, 3.8) is 0 Å². The van der Waals surface area contributed by atoms with Crippen molar-refractivity contribution in [2.45, 2.75) is 17.7 Å². The summed E-state index contributed by atoms with van der Waals surface area (Å²) in [6.45, 7) is 4.37. The first kappa shape index (κ1) is 21.6. The van der Waals surface area contributed by atoms with E-state index in [1.807, 2.05) is 4.90 Å². The zero-order valence-corrected chi connectivity index (χ0v) is 18.8. The molecule has 2 aliphatic rings. The number of hydrogen-bond donors (Lipinski definition) is 0. The molecule has 1 amide bonds. The third-order valence-electron chi connectivity index (χ3n) is 6.06. The zero-order valence-electron chi connectivity index (χ0n) is 18.0. The minimum absolute atomic E-state index is 0.0481. The molecule has 8 heteroatoms. The van der Waals surface area contributed by atoms with Gasteiger partial charge in [0.2, 0.25) is 0 Å². The number of hydrogen-bond acceptors (Lipinski definition) is 5. The van der Waals surface area contributed by atoms with Gasteiger partial charge >= 0.3 is 0 Å². The summed E-state index contributed by atoms with van der Waals surface area (Å²) >= 11 is 0. The molecule has 7 nitrogen and oxygen atoms in total. The smallest absolute Gasteiger partial charge is 0.264 e. The molecule has 0 bridgehead atoms. The Labute approximate surface area is 184 Å². The lowest BCUT2D eigenvalue weighted by Crippen LogP contribution is -2.49. The van der Waals surface area contributed by atoms with Crippen LogP contribution < -0.4 is 9.04 Å². The molecule has 1 aliphatic carbocycles. The maximum atomic E-state index is 13.1. The molecule has 0 aromatic heterocycles. The summed E-state index contributed by atoms with van der Waals surface area (Å²) in [5.74, 6) is 1.28. The van der Waals surface area contributed by atoms with Gasteiger partial charge in [-0.2, -0.15) is 0 Å². The van der Waals surface area contributed by atoms with Crippen molar-refractivity contribution in [2.75, 3.05) is 51.2 Å². The molecule has 0 unspecified atom stereocenters. The largest absolute Gasteiger partial charge is 0.495 e. The summed E-state index contributed by atoms with van der Waals surface area (Å²) in [4.78, 5) is 17.3. The van der Waals surface area contributed by atoms with Gasteiger partial charge < -0.3 is 9.64 Å². The summed E-state index contributed by atoms with van der Waals surface area (Å²) in [6.07, 6.45) is 2.67. The van der Waals surface area contributed by atoms with Crippen LogP contribution in [0.3, 0.4) is 0 Å². The SMILES string of the molecule is COc1ccccc1N(C)S(=O)(=O)c1ccc(C(=O)N2CCN(CC3CC3)CC2)cc1. The van der Waals surface area contributed by atoms with E-state index in [-0.39, 0.29) is 10.8 Å². The van der Waals surface area contributed by atoms with Gasteiger partial charge in [-0.15, -0.1) is 0 Å². The Morgan fingerprint density at radius 1 is 1.03 bits per heavy atom. The van der Waals surface area contributed by atoms with Crippen LogP contribution in [0.15, 0.2) is 53.4 Å². The molecule has 4 rings (SSSR count). The van der Waals surface area contributed by atoms with Gasteiger partial charge in [-0.25, -0.2) is 8.42 Å². The molecule has 2 fully saturated rings. The van der Waals surface area contributed by atoms with Crippen molar-refractivity contribution >= 4 is 21.6 Å². The summed E-state index contributed by atoms with van der Waals surface area (Å²) in [5, 5.41) is 0. The van der Waals surface area contributed by atoms with Crippen LogP contribution in [0.25, 0.3) is 0 Å². The van der Waals surface area contributed by atoms with Crippen molar-refractivity contribution in [3.05, 3.63) is 54.1 Å². The Balaban J connectivity index is 1.44. The highest BCUT2D eigenvalue weighted by molar-refractivity contribution is 7.92. The Bertz CT molecular complexity index is 1030. The fraction of sp³-hybridized carbons (Fsp3) is 0.435. The summed E-state index contributed by atoms with van der Waals surface area (Å²) in [5.41, 5.74) is 0.962. The molecular weight excluding hydrogens is 414 g/mol. The van der Waals surface area contributed by atoms with Gasteiger partial charge in [0.1, 0.15) is 5.75 Å². The van der Waals surface area contributed by atoms with E-state index in [1.54, 1.807) is 36.4 Å². The lowest BCUT2D eigenvalue weighted by atomic mass is 10.2. The molecule has 2 aromatic rings. The Morgan fingerprint density at radius 3 is 2.29 bits per heavy atom. The molecular formula is C23H29N3O4S. The van der Waals surface area contributed by atoms with Gasteiger partial charge in [-0.1, -0.05) is 12.1 Å². The molecule has 1 aliphatic heterocycles. The first-order valence-electron chi connectivity index (χ1n) is 10.6. The average Bonchev–Trinajstić information content (AvgIpc) is 3.62. The van der Waals surface area contributed by atoms with E-state index in [4.69, 9.17) is 4.74 Å². The number of piperazine rings is 1. The number of amides is 1. The van der Waals surface area contributed by atoms with Crippen LogP contribution in [-0.4, -0.2) is 71.0 Å². The van der Waals surface area contributed by atoms with Crippen LogP contribution in [0.2, 0.25) is 0 Å². The molecule has 1 saturated carbocycles.